The van der Waals surface area contributed by atoms with Gasteiger partial charge < -0.3 is 10.6 Å². The average molecular weight is 591 g/mol. The highest BCUT2D eigenvalue weighted by Gasteiger charge is 2.39. The molecule has 5 heterocycles. The third kappa shape index (κ3) is 5.55. The summed E-state index contributed by atoms with van der Waals surface area (Å²) >= 11 is 12.1. The number of piperidine rings is 1. The van der Waals surface area contributed by atoms with Crippen molar-refractivity contribution in [3.05, 3.63) is 57.1 Å². The van der Waals surface area contributed by atoms with E-state index in [1.165, 1.54) is 23.0 Å². The highest BCUT2D eigenvalue weighted by atomic mass is 35.5. The molecule has 2 bridgehead atoms. The normalized spacial score (nSPS) is 29.4. The summed E-state index contributed by atoms with van der Waals surface area (Å²) < 4.78 is 18.5. The Bertz CT molecular complexity index is 1410. The van der Waals surface area contributed by atoms with Crippen molar-refractivity contribution in [2.24, 2.45) is 11.8 Å². The zero-order valence-electron chi connectivity index (χ0n) is 22.3. The van der Waals surface area contributed by atoms with Gasteiger partial charge in [-0.1, -0.05) is 41.8 Å². The molecule has 0 spiro atoms. The van der Waals surface area contributed by atoms with Crippen LogP contribution in [0.15, 0.2) is 35.5 Å². The molecule has 4 unspecified atom stereocenters. The van der Waals surface area contributed by atoms with Gasteiger partial charge in [0.1, 0.15) is 0 Å². The lowest BCUT2D eigenvalue weighted by Gasteiger charge is -2.40. The van der Waals surface area contributed by atoms with Crippen molar-refractivity contribution in [3.63, 3.8) is 0 Å². The fraction of sp³-hybridized carbons (Fsp3) is 0.556. The second-order valence-corrected chi connectivity index (χ2v) is 12.1. The van der Waals surface area contributed by atoms with Crippen molar-refractivity contribution < 1.29 is 4.39 Å². The smallest absolute Gasteiger partial charge is 0.254 e. The molecule has 3 aromatic rings. The second-order valence-electron chi connectivity index (χ2n) is 11.3. The zero-order valence-corrected chi connectivity index (χ0v) is 23.8. The van der Waals surface area contributed by atoms with Crippen LogP contribution in [0.3, 0.4) is 0 Å². The summed E-state index contributed by atoms with van der Waals surface area (Å²) in [6.45, 7) is 5.05. The molecule has 6 rings (SSSR count). The number of hydrazine groups is 1. The van der Waals surface area contributed by atoms with E-state index in [4.69, 9.17) is 23.2 Å². The third-order valence-corrected chi connectivity index (χ3v) is 9.10. The minimum atomic E-state index is -0.687. The molecular weight excluding hydrogens is 556 g/mol. The Hall–Kier alpha value is -2.41. The summed E-state index contributed by atoms with van der Waals surface area (Å²) in [5.41, 5.74) is 7.22. The Morgan fingerprint density at radius 3 is 2.77 bits per heavy atom. The van der Waals surface area contributed by atoms with Crippen molar-refractivity contribution in [1.82, 2.24) is 46.0 Å². The minimum absolute atomic E-state index is 0.0675. The predicted octanol–water partition coefficient (Wildman–Crippen LogP) is 3.10. The fourth-order valence-electron chi connectivity index (χ4n) is 6.56. The van der Waals surface area contributed by atoms with Crippen LogP contribution in [0.2, 0.25) is 10.2 Å². The van der Waals surface area contributed by atoms with Crippen LogP contribution in [0, 0.1) is 17.7 Å². The van der Waals surface area contributed by atoms with E-state index in [1.54, 1.807) is 17.0 Å². The Kier molecular flexibility index (Phi) is 8.21. The maximum absolute atomic E-state index is 15.4. The van der Waals surface area contributed by atoms with Crippen LogP contribution < -0.4 is 27.0 Å². The first-order valence-corrected chi connectivity index (χ1v) is 14.7. The predicted molar refractivity (Wildman–Crippen MR) is 152 cm³/mol. The van der Waals surface area contributed by atoms with Crippen molar-refractivity contribution in [2.45, 2.75) is 63.2 Å². The molecule has 3 aliphatic heterocycles. The first-order chi connectivity index (χ1) is 19.4. The van der Waals surface area contributed by atoms with E-state index < -0.39 is 5.82 Å². The van der Waals surface area contributed by atoms with Gasteiger partial charge in [0.25, 0.3) is 5.56 Å². The van der Waals surface area contributed by atoms with Gasteiger partial charge in [-0.25, -0.2) is 14.1 Å². The highest BCUT2D eigenvalue weighted by Crippen LogP contribution is 2.34. The van der Waals surface area contributed by atoms with Gasteiger partial charge >= 0.3 is 0 Å². The Morgan fingerprint density at radius 1 is 1.10 bits per heavy atom. The number of nitrogens with zero attached hydrogens (tertiary/aromatic N) is 5. The van der Waals surface area contributed by atoms with E-state index in [-0.39, 0.29) is 39.1 Å². The lowest BCUT2D eigenvalue weighted by molar-refractivity contribution is 0.176. The maximum atomic E-state index is 15.4. The molecule has 1 aromatic carbocycles. The molecule has 4 N–H and O–H groups in total. The zero-order chi connectivity index (χ0) is 27.8. The van der Waals surface area contributed by atoms with Gasteiger partial charge in [0.15, 0.2) is 11.0 Å². The first kappa shape index (κ1) is 27.7. The van der Waals surface area contributed by atoms with Crippen LogP contribution in [0.25, 0.3) is 16.9 Å². The number of hydrogen-bond acceptors (Lipinski definition) is 8. The molecule has 0 aliphatic carbocycles. The van der Waals surface area contributed by atoms with Gasteiger partial charge in [-0.2, -0.15) is 0 Å². The van der Waals surface area contributed by atoms with Crippen LogP contribution in [-0.4, -0.2) is 62.3 Å². The summed E-state index contributed by atoms with van der Waals surface area (Å²) in [5, 5.41) is 15.3. The number of aromatic nitrogens is 5. The monoisotopic (exact) mass is 589 g/mol. The van der Waals surface area contributed by atoms with Crippen molar-refractivity contribution >= 4 is 23.2 Å². The summed E-state index contributed by atoms with van der Waals surface area (Å²) in [4.78, 5) is 18.3. The first-order valence-electron chi connectivity index (χ1n) is 14.0. The van der Waals surface area contributed by atoms with Gasteiger partial charge in [0, 0.05) is 30.7 Å². The standard InChI is InChI=1S/C27H34Cl2FN9O/c1-15-3-2-4-21(18-9-16(7-8-31-18)27-20(32-11-15)12-34-36-27)38-14-33-19(10-24(38)40)25-22(6-5-17(28)26(25)30)39-13-23(29)35-37-39/h5-6,10,13-16,18,20-21,27,31-32,34,36H,2-4,7-9,11-12H2,1H3/t15-,16?,18?,20?,21+,27?/m1/s1. The van der Waals surface area contributed by atoms with E-state index in [1.807, 2.05) is 0 Å². The van der Waals surface area contributed by atoms with Gasteiger partial charge in [0.2, 0.25) is 0 Å². The molecule has 3 aliphatic rings. The SMILES string of the molecule is C[C@@H]1CCC[C@H](n2cnc(-c3c(-n4cc(Cl)nn4)ccc(Cl)c3F)cc2=O)C2CC(CCN2)C2NNCC2NC1. The van der Waals surface area contributed by atoms with Gasteiger partial charge in [-0.3, -0.25) is 20.2 Å². The van der Waals surface area contributed by atoms with Crippen LogP contribution in [0.5, 0.6) is 0 Å². The molecule has 10 nitrogen and oxygen atoms in total. The number of fused-ring (bicyclic) bond motifs is 4. The maximum Gasteiger partial charge on any atom is 0.254 e. The fourth-order valence-corrected chi connectivity index (χ4v) is 6.84. The van der Waals surface area contributed by atoms with E-state index in [0.29, 0.717) is 29.6 Å². The molecule has 0 amide bonds. The molecule has 3 saturated heterocycles. The van der Waals surface area contributed by atoms with Crippen LogP contribution in [0.4, 0.5) is 4.39 Å². The number of hydrogen-bond donors (Lipinski definition) is 4. The van der Waals surface area contributed by atoms with Crippen molar-refractivity contribution in [3.8, 4) is 16.9 Å². The molecular formula is C27H34Cl2FN9O. The Balaban J connectivity index is 1.35. The molecule has 0 saturated carbocycles. The quantitative estimate of drug-likeness (QED) is 0.368. The van der Waals surface area contributed by atoms with E-state index in [2.05, 4.69) is 43.7 Å². The molecule has 214 valence electrons. The van der Waals surface area contributed by atoms with Gasteiger partial charge in [0.05, 0.1) is 40.5 Å². The number of halogens is 3. The van der Waals surface area contributed by atoms with E-state index >= 15 is 4.39 Å². The van der Waals surface area contributed by atoms with E-state index in [9.17, 15) is 4.79 Å². The number of rotatable bonds is 3. The summed E-state index contributed by atoms with van der Waals surface area (Å²) in [6.07, 6.45) is 7.95. The molecule has 0 radical (unpaired) electrons. The van der Waals surface area contributed by atoms with Gasteiger partial charge in [-0.05, 0) is 62.7 Å². The highest BCUT2D eigenvalue weighted by molar-refractivity contribution is 6.31. The number of benzene rings is 1. The Labute approximate surface area is 242 Å². The third-order valence-electron chi connectivity index (χ3n) is 8.63. The van der Waals surface area contributed by atoms with Crippen LogP contribution >= 0.6 is 23.2 Å². The second kappa shape index (κ2) is 11.8. The molecule has 3 fully saturated rings. The van der Waals surface area contributed by atoms with Crippen molar-refractivity contribution in [2.75, 3.05) is 19.6 Å². The van der Waals surface area contributed by atoms with E-state index in [0.717, 1.165) is 51.7 Å². The molecule has 40 heavy (non-hydrogen) atoms. The molecule has 2 aromatic heterocycles. The topological polar surface area (TPSA) is 114 Å². The lowest BCUT2D eigenvalue weighted by Crippen LogP contribution is -2.54. The minimum Gasteiger partial charge on any atom is -0.312 e. The number of nitrogens with one attached hydrogen (secondary N) is 4. The van der Waals surface area contributed by atoms with Crippen molar-refractivity contribution in [1.29, 1.82) is 0 Å². The molecule has 13 heteroatoms. The largest absolute Gasteiger partial charge is 0.312 e. The lowest BCUT2D eigenvalue weighted by atomic mass is 9.80. The Morgan fingerprint density at radius 2 is 1.98 bits per heavy atom. The molecule has 6 atom stereocenters. The van der Waals surface area contributed by atoms with Crippen LogP contribution in [0.1, 0.15) is 45.1 Å². The summed E-state index contributed by atoms with van der Waals surface area (Å²) in [5.74, 6) is 0.311. The van der Waals surface area contributed by atoms with Crippen LogP contribution in [-0.2, 0) is 0 Å². The van der Waals surface area contributed by atoms with Gasteiger partial charge in [-0.15, -0.1) is 5.10 Å². The average Bonchev–Trinajstić information content (AvgIpc) is 3.60. The summed E-state index contributed by atoms with van der Waals surface area (Å²) in [6, 6.07) is 5.20. The summed E-state index contributed by atoms with van der Waals surface area (Å²) in [7, 11) is 0.